The third-order valence-corrected chi connectivity index (χ3v) is 2.63. The molecule has 0 atom stereocenters. The molecular weight excluding hydrogens is 194 g/mol. The molecule has 0 aliphatic carbocycles. The minimum absolute atomic E-state index is 1.08. The number of nitrogens with zero attached hydrogens (tertiary/aromatic N) is 1. The first kappa shape index (κ1) is 9.15. The summed E-state index contributed by atoms with van der Waals surface area (Å²) in [6.45, 7) is 2.05. The lowest BCUT2D eigenvalue weighted by Gasteiger charge is -2.14. The van der Waals surface area contributed by atoms with E-state index in [2.05, 4.69) is 28.8 Å². The Balaban J connectivity index is 2.09. The van der Waals surface area contributed by atoms with Gasteiger partial charge in [0.1, 0.15) is 0 Å². The standard InChI is InChI=1S/C10H11N3S/c1-8-5-10(13-12-6-8)14-9-3-2-4-11-7-9/h2-7,12-13H,1H3. The molecule has 0 unspecified atom stereocenters. The normalized spacial score (nSPS) is 14.9. The van der Waals surface area contributed by atoms with Gasteiger partial charge in [-0.15, -0.1) is 0 Å². The molecule has 0 spiro atoms. The molecule has 2 N–H and O–H groups in total. The van der Waals surface area contributed by atoms with Crippen molar-refractivity contribution < 1.29 is 0 Å². The van der Waals surface area contributed by atoms with Gasteiger partial charge in [-0.05, 0) is 30.7 Å². The van der Waals surface area contributed by atoms with Crippen LogP contribution in [0.2, 0.25) is 0 Å². The minimum atomic E-state index is 1.08. The average molecular weight is 205 g/mol. The highest BCUT2D eigenvalue weighted by molar-refractivity contribution is 8.03. The Morgan fingerprint density at radius 3 is 3.07 bits per heavy atom. The molecule has 72 valence electrons. The summed E-state index contributed by atoms with van der Waals surface area (Å²) < 4.78 is 0. The van der Waals surface area contributed by atoms with Crippen LogP contribution in [0.5, 0.6) is 0 Å². The zero-order chi connectivity index (χ0) is 9.80. The number of pyridine rings is 1. The summed E-state index contributed by atoms with van der Waals surface area (Å²) in [5.74, 6) is 0. The molecule has 1 aliphatic heterocycles. The maximum Gasteiger partial charge on any atom is 0.0920 e. The Hall–Kier alpha value is -1.42. The van der Waals surface area contributed by atoms with Crippen LogP contribution in [0.4, 0.5) is 0 Å². The SMILES string of the molecule is CC1=CNNC(Sc2cccnc2)=C1. The highest BCUT2D eigenvalue weighted by atomic mass is 32.2. The predicted octanol–water partition coefficient (Wildman–Crippen LogP) is 2.03. The van der Waals surface area contributed by atoms with E-state index >= 15 is 0 Å². The van der Waals surface area contributed by atoms with Crippen molar-refractivity contribution in [2.45, 2.75) is 11.8 Å². The van der Waals surface area contributed by atoms with E-state index in [1.807, 2.05) is 24.5 Å². The minimum Gasteiger partial charge on any atom is -0.307 e. The second-order valence-corrected chi connectivity index (χ2v) is 4.07. The third-order valence-electron chi connectivity index (χ3n) is 1.72. The van der Waals surface area contributed by atoms with Crippen molar-refractivity contribution in [2.75, 3.05) is 0 Å². The molecule has 4 heteroatoms. The quantitative estimate of drug-likeness (QED) is 0.774. The fourth-order valence-electron chi connectivity index (χ4n) is 1.09. The summed E-state index contributed by atoms with van der Waals surface area (Å²) in [5, 5.41) is 1.08. The van der Waals surface area contributed by atoms with Gasteiger partial charge in [0, 0.05) is 23.5 Å². The van der Waals surface area contributed by atoms with E-state index in [4.69, 9.17) is 0 Å². The van der Waals surface area contributed by atoms with Crippen molar-refractivity contribution in [1.29, 1.82) is 0 Å². The summed E-state index contributed by atoms with van der Waals surface area (Å²) in [5.41, 5.74) is 7.25. The fourth-order valence-corrected chi connectivity index (χ4v) is 1.96. The largest absolute Gasteiger partial charge is 0.307 e. The number of allylic oxidation sites excluding steroid dienone is 2. The summed E-state index contributed by atoms with van der Waals surface area (Å²) in [4.78, 5) is 5.19. The summed E-state index contributed by atoms with van der Waals surface area (Å²) in [7, 11) is 0. The number of hydrogen-bond acceptors (Lipinski definition) is 4. The van der Waals surface area contributed by atoms with Crippen molar-refractivity contribution in [3.63, 3.8) is 0 Å². The van der Waals surface area contributed by atoms with Crippen LogP contribution in [-0.2, 0) is 0 Å². The first-order valence-corrected chi connectivity index (χ1v) is 5.14. The first-order valence-electron chi connectivity index (χ1n) is 4.32. The van der Waals surface area contributed by atoms with Gasteiger partial charge in [-0.2, -0.15) is 0 Å². The van der Waals surface area contributed by atoms with Crippen molar-refractivity contribution >= 4 is 11.8 Å². The topological polar surface area (TPSA) is 37.0 Å². The van der Waals surface area contributed by atoms with Crippen molar-refractivity contribution in [3.05, 3.63) is 47.4 Å². The monoisotopic (exact) mass is 205 g/mol. The van der Waals surface area contributed by atoms with Gasteiger partial charge in [0.05, 0.1) is 5.03 Å². The Kier molecular flexibility index (Phi) is 2.74. The van der Waals surface area contributed by atoms with Crippen LogP contribution in [0.15, 0.2) is 52.3 Å². The van der Waals surface area contributed by atoms with Crippen LogP contribution in [0.25, 0.3) is 0 Å². The van der Waals surface area contributed by atoms with E-state index in [0.29, 0.717) is 0 Å². The molecular formula is C10H11N3S. The fraction of sp³-hybridized carbons (Fsp3) is 0.100. The second-order valence-electron chi connectivity index (χ2n) is 2.96. The van der Waals surface area contributed by atoms with Crippen molar-refractivity contribution in [1.82, 2.24) is 15.8 Å². The number of thioether (sulfide) groups is 1. The van der Waals surface area contributed by atoms with E-state index in [9.17, 15) is 0 Å². The lowest BCUT2D eigenvalue weighted by atomic mass is 10.3. The molecule has 1 aromatic heterocycles. The molecule has 0 radical (unpaired) electrons. The van der Waals surface area contributed by atoms with Gasteiger partial charge in [-0.3, -0.25) is 10.4 Å². The van der Waals surface area contributed by atoms with E-state index in [0.717, 1.165) is 9.92 Å². The molecule has 0 amide bonds. The summed E-state index contributed by atoms with van der Waals surface area (Å²) in [6, 6.07) is 3.97. The Morgan fingerprint density at radius 1 is 1.43 bits per heavy atom. The van der Waals surface area contributed by atoms with Gasteiger partial charge < -0.3 is 5.43 Å². The van der Waals surface area contributed by atoms with Crippen LogP contribution in [0.3, 0.4) is 0 Å². The van der Waals surface area contributed by atoms with Gasteiger partial charge in [-0.1, -0.05) is 11.8 Å². The molecule has 0 aromatic carbocycles. The number of aromatic nitrogens is 1. The van der Waals surface area contributed by atoms with Crippen LogP contribution in [0, 0.1) is 0 Å². The van der Waals surface area contributed by atoms with Gasteiger partial charge in [0.2, 0.25) is 0 Å². The Morgan fingerprint density at radius 2 is 2.36 bits per heavy atom. The third kappa shape index (κ3) is 2.29. The maximum atomic E-state index is 4.06. The van der Waals surface area contributed by atoms with Crippen molar-refractivity contribution in [2.24, 2.45) is 0 Å². The molecule has 0 saturated heterocycles. The molecule has 2 heterocycles. The predicted molar refractivity (Wildman–Crippen MR) is 58.2 cm³/mol. The van der Waals surface area contributed by atoms with Crippen LogP contribution in [0.1, 0.15) is 6.92 Å². The zero-order valence-electron chi connectivity index (χ0n) is 7.82. The van der Waals surface area contributed by atoms with Crippen LogP contribution >= 0.6 is 11.8 Å². The molecule has 2 rings (SSSR count). The maximum absolute atomic E-state index is 4.06. The van der Waals surface area contributed by atoms with E-state index in [1.54, 1.807) is 18.0 Å². The highest BCUT2D eigenvalue weighted by Crippen LogP contribution is 2.24. The van der Waals surface area contributed by atoms with Gasteiger partial charge in [0.25, 0.3) is 0 Å². The lowest BCUT2D eigenvalue weighted by molar-refractivity contribution is 0.747. The van der Waals surface area contributed by atoms with Gasteiger partial charge in [0.15, 0.2) is 0 Å². The van der Waals surface area contributed by atoms with Gasteiger partial charge in [-0.25, -0.2) is 0 Å². The smallest absolute Gasteiger partial charge is 0.0920 e. The molecule has 3 nitrogen and oxygen atoms in total. The first-order chi connectivity index (χ1) is 6.84. The molecule has 1 aliphatic rings. The number of nitrogens with one attached hydrogen (secondary N) is 2. The van der Waals surface area contributed by atoms with E-state index in [-0.39, 0.29) is 0 Å². The Labute approximate surface area is 87.3 Å². The molecule has 0 bridgehead atoms. The summed E-state index contributed by atoms with van der Waals surface area (Å²) >= 11 is 1.65. The number of rotatable bonds is 2. The Bertz CT molecular complexity index is 370. The average Bonchev–Trinajstić information content (AvgIpc) is 2.19. The zero-order valence-corrected chi connectivity index (χ0v) is 8.64. The van der Waals surface area contributed by atoms with E-state index in [1.165, 1.54) is 5.57 Å². The summed E-state index contributed by atoms with van der Waals surface area (Å²) in [6.07, 6.45) is 7.64. The van der Waals surface area contributed by atoms with Crippen LogP contribution < -0.4 is 10.9 Å². The number of hydrogen-bond donors (Lipinski definition) is 2. The molecule has 14 heavy (non-hydrogen) atoms. The lowest BCUT2D eigenvalue weighted by Crippen LogP contribution is -2.27. The van der Waals surface area contributed by atoms with Gasteiger partial charge >= 0.3 is 0 Å². The highest BCUT2D eigenvalue weighted by Gasteiger charge is 2.03. The number of hydrazine groups is 1. The molecule has 0 saturated carbocycles. The molecule has 1 aromatic rings. The van der Waals surface area contributed by atoms with Crippen molar-refractivity contribution in [3.8, 4) is 0 Å². The second kappa shape index (κ2) is 4.19. The van der Waals surface area contributed by atoms with Crippen LogP contribution in [-0.4, -0.2) is 4.98 Å². The molecule has 0 fully saturated rings. The van der Waals surface area contributed by atoms with E-state index < -0.39 is 0 Å².